The molecule has 6 heteroatoms. The Morgan fingerprint density at radius 2 is 1.47 bits per heavy atom. The Hall–Kier alpha value is -3.29. The number of hydrogen-bond donors (Lipinski definition) is 0. The highest BCUT2D eigenvalue weighted by atomic mass is 35.5. The molecule has 1 saturated heterocycles. The molecule has 1 fully saturated rings. The molecule has 0 aromatic heterocycles. The maximum absolute atomic E-state index is 6.98. The lowest BCUT2D eigenvalue weighted by Gasteiger charge is -2.52. The van der Waals surface area contributed by atoms with E-state index in [1.54, 1.807) is 13.2 Å². The summed E-state index contributed by atoms with van der Waals surface area (Å²) in [7, 11) is 1.70. The fourth-order valence-corrected chi connectivity index (χ4v) is 6.55. The van der Waals surface area contributed by atoms with Gasteiger partial charge >= 0.3 is 0 Å². The van der Waals surface area contributed by atoms with Crippen LogP contribution in [0.1, 0.15) is 53.6 Å². The van der Waals surface area contributed by atoms with Gasteiger partial charge in [-0.25, -0.2) is 0 Å². The van der Waals surface area contributed by atoms with E-state index in [0.717, 1.165) is 40.7 Å². The van der Waals surface area contributed by atoms with Gasteiger partial charge in [-0.2, -0.15) is 0 Å². The molecule has 47 heavy (non-hydrogen) atoms. The first-order valence-corrected chi connectivity index (χ1v) is 16.9. The molecule has 0 N–H and O–H groups in total. The van der Waals surface area contributed by atoms with Crippen LogP contribution >= 0.6 is 11.6 Å². The topological polar surface area (TPSA) is 46.2 Å². The SMILES string of the molecule is C=CCOCCc1ccc(Cc2cc([C@]3(OC)O[C@H](CC)[C@@H](C)[C@H](OCc4ccccc4)[C@H]3OCc3ccccc3)ccc2Cl)cc1. The molecule has 0 unspecified atom stereocenters. The van der Waals surface area contributed by atoms with Crippen molar-refractivity contribution in [3.05, 3.63) is 154 Å². The van der Waals surface area contributed by atoms with E-state index in [2.05, 4.69) is 75.0 Å². The summed E-state index contributed by atoms with van der Waals surface area (Å²) in [6, 6.07) is 35.1. The Morgan fingerprint density at radius 1 is 0.830 bits per heavy atom. The first-order valence-electron chi connectivity index (χ1n) is 16.6. The maximum atomic E-state index is 6.98. The summed E-state index contributed by atoms with van der Waals surface area (Å²) in [5.74, 6) is -1.17. The summed E-state index contributed by atoms with van der Waals surface area (Å²) in [5, 5.41) is 0.691. The average molecular weight is 655 g/mol. The standard InChI is InChI=1S/C41H47ClO5/c1-5-24-44-25-23-31-17-19-32(20-18-31)26-35-27-36(21-22-37(35)42)41(43-4)40(46-29-34-15-11-8-12-16-34)39(30(3)38(6-2)47-41)45-28-33-13-9-7-10-14-33/h5,7-22,27,30,38-40H,1,6,23-26,28-29H2,2-4H3/t30-,38-,39+,40-,41+/m1/s1. The zero-order chi connectivity index (χ0) is 33.1. The minimum atomic E-state index is -1.22. The molecule has 248 valence electrons. The monoisotopic (exact) mass is 654 g/mol. The van der Waals surface area contributed by atoms with Gasteiger partial charge in [0.2, 0.25) is 5.79 Å². The van der Waals surface area contributed by atoms with Crippen molar-refractivity contribution >= 4 is 11.6 Å². The van der Waals surface area contributed by atoms with Crippen LogP contribution in [0.5, 0.6) is 0 Å². The largest absolute Gasteiger partial charge is 0.377 e. The van der Waals surface area contributed by atoms with Crippen LogP contribution in [-0.4, -0.2) is 38.6 Å². The Balaban J connectivity index is 1.46. The molecular weight excluding hydrogens is 608 g/mol. The average Bonchev–Trinajstić information content (AvgIpc) is 3.11. The fraction of sp³-hybridized carbons (Fsp3) is 0.366. The van der Waals surface area contributed by atoms with Crippen LogP contribution in [0.15, 0.2) is 116 Å². The number of ether oxygens (including phenoxy) is 5. The summed E-state index contributed by atoms with van der Waals surface area (Å²) in [5.41, 5.74) is 6.40. The molecule has 0 aliphatic carbocycles. The van der Waals surface area contributed by atoms with Crippen molar-refractivity contribution in [3.8, 4) is 0 Å². The van der Waals surface area contributed by atoms with Gasteiger partial charge in [0.05, 0.1) is 38.6 Å². The lowest BCUT2D eigenvalue weighted by atomic mass is 9.81. The highest BCUT2D eigenvalue weighted by Crippen LogP contribution is 2.46. The van der Waals surface area contributed by atoms with Crippen molar-refractivity contribution in [2.75, 3.05) is 20.3 Å². The van der Waals surface area contributed by atoms with Crippen LogP contribution in [0.2, 0.25) is 5.02 Å². The number of methoxy groups -OCH3 is 1. The first kappa shape index (κ1) is 35.0. The Bertz CT molecular complexity index is 1530. The number of benzene rings is 4. The zero-order valence-electron chi connectivity index (χ0n) is 27.8. The van der Waals surface area contributed by atoms with E-state index >= 15 is 0 Å². The van der Waals surface area contributed by atoms with Crippen LogP contribution in [0.25, 0.3) is 0 Å². The Morgan fingerprint density at radius 3 is 2.09 bits per heavy atom. The summed E-state index contributed by atoms with van der Waals surface area (Å²) < 4.78 is 32.6. The van der Waals surface area contributed by atoms with Crippen molar-refractivity contribution in [1.82, 2.24) is 0 Å². The van der Waals surface area contributed by atoms with Gasteiger partial charge in [0, 0.05) is 23.6 Å². The second kappa shape index (κ2) is 17.2. The molecule has 1 heterocycles. The van der Waals surface area contributed by atoms with Gasteiger partial charge in [-0.1, -0.05) is 123 Å². The third-order valence-electron chi connectivity index (χ3n) is 9.00. The lowest BCUT2D eigenvalue weighted by Crippen LogP contribution is -2.62. The van der Waals surface area contributed by atoms with Crippen molar-refractivity contribution < 1.29 is 23.7 Å². The number of rotatable bonds is 16. The first-order chi connectivity index (χ1) is 23.0. The van der Waals surface area contributed by atoms with E-state index in [9.17, 15) is 0 Å². The molecule has 5 rings (SSSR count). The van der Waals surface area contributed by atoms with E-state index in [-0.39, 0.29) is 18.1 Å². The van der Waals surface area contributed by atoms with E-state index in [1.165, 1.54) is 5.56 Å². The van der Waals surface area contributed by atoms with Crippen LogP contribution in [0.3, 0.4) is 0 Å². The van der Waals surface area contributed by atoms with Crippen molar-refractivity contribution in [2.45, 2.75) is 70.4 Å². The van der Waals surface area contributed by atoms with Gasteiger partial charge in [0.25, 0.3) is 0 Å². The molecule has 0 spiro atoms. The minimum absolute atomic E-state index is 0.0558. The quantitative estimate of drug-likeness (QED) is 0.0891. The predicted molar refractivity (Wildman–Crippen MR) is 188 cm³/mol. The van der Waals surface area contributed by atoms with Gasteiger partial charge in [-0.05, 0) is 59.2 Å². The third-order valence-corrected chi connectivity index (χ3v) is 9.37. The maximum Gasteiger partial charge on any atom is 0.224 e. The molecule has 0 amide bonds. The second-order valence-corrected chi connectivity index (χ2v) is 12.6. The molecule has 1 aliphatic rings. The summed E-state index contributed by atoms with van der Waals surface area (Å²) in [6.07, 6.45) is 3.10. The molecular formula is C41H47ClO5. The number of halogens is 1. The normalized spacial score (nSPS) is 22.6. The van der Waals surface area contributed by atoms with Gasteiger partial charge in [0.15, 0.2) is 0 Å². The van der Waals surface area contributed by atoms with Gasteiger partial charge < -0.3 is 23.7 Å². The Kier molecular flexibility index (Phi) is 12.8. The Labute approximate surface area is 285 Å². The van der Waals surface area contributed by atoms with Crippen LogP contribution in [0, 0.1) is 5.92 Å². The molecule has 1 aliphatic heterocycles. The summed E-state index contributed by atoms with van der Waals surface area (Å²) >= 11 is 6.84. The van der Waals surface area contributed by atoms with E-state index in [1.807, 2.05) is 48.5 Å². The lowest BCUT2D eigenvalue weighted by molar-refractivity contribution is -0.369. The molecule has 4 aromatic rings. The summed E-state index contributed by atoms with van der Waals surface area (Å²) in [6.45, 7) is 10.1. The van der Waals surface area contributed by atoms with Gasteiger partial charge in [-0.3, -0.25) is 0 Å². The zero-order valence-corrected chi connectivity index (χ0v) is 28.5. The van der Waals surface area contributed by atoms with Crippen molar-refractivity contribution in [3.63, 3.8) is 0 Å². The molecule has 0 saturated carbocycles. The van der Waals surface area contributed by atoms with Crippen molar-refractivity contribution in [1.29, 1.82) is 0 Å². The molecule has 5 atom stereocenters. The fourth-order valence-electron chi connectivity index (χ4n) is 6.37. The van der Waals surface area contributed by atoms with Crippen LogP contribution in [-0.2, 0) is 55.5 Å². The van der Waals surface area contributed by atoms with E-state index in [4.69, 9.17) is 35.3 Å². The molecule has 4 aromatic carbocycles. The number of hydrogen-bond acceptors (Lipinski definition) is 5. The smallest absolute Gasteiger partial charge is 0.224 e. The van der Waals surface area contributed by atoms with E-state index in [0.29, 0.717) is 37.9 Å². The predicted octanol–water partition coefficient (Wildman–Crippen LogP) is 9.09. The van der Waals surface area contributed by atoms with Gasteiger partial charge in [0.1, 0.15) is 6.10 Å². The van der Waals surface area contributed by atoms with Crippen molar-refractivity contribution in [2.24, 2.45) is 5.92 Å². The highest BCUT2D eigenvalue weighted by Gasteiger charge is 2.56. The third kappa shape index (κ3) is 8.80. The van der Waals surface area contributed by atoms with Gasteiger partial charge in [-0.15, -0.1) is 6.58 Å². The van der Waals surface area contributed by atoms with Crippen LogP contribution in [0.4, 0.5) is 0 Å². The highest BCUT2D eigenvalue weighted by molar-refractivity contribution is 6.31. The second-order valence-electron chi connectivity index (χ2n) is 12.2. The summed E-state index contributed by atoms with van der Waals surface area (Å²) in [4.78, 5) is 0. The molecule has 0 radical (unpaired) electrons. The minimum Gasteiger partial charge on any atom is -0.377 e. The molecule has 0 bridgehead atoms. The van der Waals surface area contributed by atoms with Crippen LogP contribution < -0.4 is 0 Å². The molecule has 5 nitrogen and oxygen atoms in total. The van der Waals surface area contributed by atoms with E-state index < -0.39 is 11.9 Å².